The highest BCUT2D eigenvalue weighted by Gasteiger charge is 2.12. The molecule has 0 saturated carbocycles. The SMILES string of the molecule is CCCc1ccc(CCC(=O)OC)cc1.CCc1cc(C(=O)OC)cc2ccccc12.CCc1ccc(C(=O)OC)c2ccccc12.COC(=O)CCc1ccc(C)cc1. The summed E-state index contributed by atoms with van der Waals surface area (Å²) in [6.45, 7) is 8.41. The van der Waals surface area contributed by atoms with E-state index in [1.54, 1.807) is 0 Å². The Morgan fingerprint density at radius 2 is 0.950 bits per heavy atom. The maximum Gasteiger partial charge on any atom is 0.338 e. The van der Waals surface area contributed by atoms with E-state index in [9.17, 15) is 19.2 Å². The van der Waals surface area contributed by atoms with Crippen LogP contribution in [0.15, 0.2) is 121 Å². The third-order valence-electron chi connectivity index (χ3n) is 9.92. The van der Waals surface area contributed by atoms with Gasteiger partial charge in [0.25, 0.3) is 0 Å². The number of fused-ring (bicyclic) bond motifs is 2. The molecule has 0 saturated heterocycles. The van der Waals surface area contributed by atoms with Gasteiger partial charge in [-0.15, -0.1) is 0 Å². The molecule has 8 nitrogen and oxygen atoms in total. The lowest BCUT2D eigenvalue weighted by Gasteiger charge is -2.08. The number of benzene rings is 6. The van der Waals surface area contributed by atoms with Crippen molar-refractivity contribution in [1.82, 2.24) is 0 Å². The first-order chi connectivity index (χ1) is 29.0. The van der Waals surface area contributed by atoms with Crippen LogP contribution in [0.5, 0.6) is 0 Å². The van der Waals surface area contributed by atoms with E-state index in [-0.39, 0.29) is 23.9 Å². The quantitative estimate of drug-likeness (QED) is 0.0888. The van der Waals surface area contributed by atoms with Crippen LogP contribution < -0.4 is 0 Å². The highest BCUT2D eigenvalue weighted by Crippen LogP contribution is 2.24. The number of esters is 4. The first-order valence-corrected chi connectivity index (χ1v) is 20.5. The van der Waals surface area contributed by atoms with Gasteiger partial charge in [-0.1, -0.05) is 136 Å². The molecule has 0 radical (unpaired) electrons. The standard InChI is InChI=1S/2C14H14O2.C13H18O2.C11H14O2/c1-3-10-8-12(14(15)16-2)9-11-6-4-5-7-13(10)11;1-3-10-8-9-13(14(15)16-2)12-7-5-4-6-11(10)12;1-3-4-11-5-7-12(8-6-11)9-10-13(14)15-2;1-9-3-5-10(6-4-9)7-8-11(12)13-2/h2*4-9H,3H2,1-2H3;5-8H,3-4,9-10H2,1-2H3;3-6H,7-8H2,1-2H3. The van der Waals surface area contributed by atoms with Gasteiger partial charge in [-0.2, -0.15) is 0 Å². The normalized spacial score (nSPS) is 10.1. The second-order valence-electron chi connectivity index (χ2n) is 14.1. The van der Waals surface area contributed by atoms with Crippen LogP contribution in [0.3, 0.4) is 0 Å². The molecule has 6 aromatic carbocycles. The number of hydrogen-bond donors (Lipinski definition) is 0. The van der Waals surface area contributed by atoms with Crippen LogP contribution in [-0.4, -0.2) is 52.3 Å². The molecule has 6 aromatic rings. The topological polar surface area (TPSA) is 105 Å². The highest BCUT2D eigenvalue weighted by atomic mass is 16.5. The Hall–Kier alpha value is -6.28. The van der Waals surface area contributed by atoms with Gasteiger partial charge >= 0.3 is 23.9 Å². The summed E-state index contributed by atoms with van der Waals surface area (Å²) < 4.78 is 18.7. The zero-order valence-corrected chi connectivity index (χ0v) is 36.5. The van der Waals surface area contributed by atoms with Crippen molar-refractivity contribution in [2.24, 2.45) is 0 Å². The second-order valence-corrected chi connectivity index (χ2v) is 14.1. The molecule has 0 atom stereocenters. The summed E-state index contributed by atoms with van der Waals surface area (Å²) in [7, 11) is 5.65. The smallest absolute Gasteiger partial charge is 0.338 e. The van der Waals surface area contributed by atoms with Gasteiger partial charge in [-0.3, -0.25) is 9.59 Å². The lowest BCUT2D eigenvalue weighted by Crippen LogP contribution is -2.02. The molecular formula is C52H60O8. The van der Waals surface area contributed by atoms with Crippen LogP contribution >= 0.6 is 0 Å². The van der Waals surface area contributed by atoms with Crippen molar-refractivity contribution in [3.63, 3.8) is 0 Å². The molecular weight excluding hydrogens is 753 g/mol. The summed E-state index contributed by atoms with van der Waals surface area (Å²) in [6.07, 6.45) is 6.60. The van der Waals surface area contributed by atoms with E-state index in [4.69, 9.17) is 9.47 Å². The molecule has 0 unspecified atom stereocenters. The summed E-state index contributed by atoms with van der Waals surface area (Å²) in [5.74, 6) is -0.854. The van der Waals surface area contributed by atoms with Crippen molar-refractivity contribution in [3.05, 3.63) is 166 Å². The number of aryl methyl sites for hydroxylation is 6. The van der Waals surface area contributed by atoms with Gasteiger partial charge in [-0.25, -0.2) is 9.59 Å². The van der Waals surface area contributed by atoms with Gasteiger partial charge in [0.05, 0.1) is 39.6 Å². The number of rotatable bonds is 12. The van der Waals surface area contributed by atoms with Crippen molar-refractivity contribution in [2.45, 2.75) is 79.1 Å². The molecule has 0 aliphatic heterocycles. The van der Waals surface area contributed by atoms with Crippen LogP contribution in [0, 0.1) is 6.92 Å². The molecule has 0 bridgehead atoms. The third-order valence-corrected chi connectivity index (χ3v) is 9.92. The van der Waals surface area contributed by atoms with Gasteiger partial charge in [-0.05, 0) is 107 Å². The number of ether oxygens (including phenoxy) is 4. The Labute approximate surface area is 355 Å². The predicted molar refractivity (Wildman–Crippen MR) is 242 cm³/mol. The summed E-state index contributed by atoms with van der Waals surface area (Å²) in [5.41, 5.74) is 8.66. The highest BCUT2D eigenvalue weighted by molar-refractivity contribution is 6.05. The van der Waals surface area contributed by atoms with Crippen LogP contribution in [0.25, 0.3) is 21.5 Å². The molecule has 0 fully saturated rings. The number of carbonyl (C=O) groups excluding carboxylic acids is 4. The molecule has 316 valence electrons. The molecule has 0 amide bonds. The number of hydrogen-bond acceptors (Lipinski definition) is 8. The Morgan fingerprint density at radius 3 is 1.45 bits per heavy atom. The minimum absolute atomic E-state index is 0.146. The largest absolute Gasteiger partial charge is 0.469 e. The molecule has 0 heterocycles. The van der Waals surface area contributed by atoms with Gasteiger partial charge in [0.15, 0.2) is 0 Å². The van der Waals surface area contributed by atoms with Gasteiger partial charge in [0.2, 0.25) is 0 Å². The predicted octanol–water partition coefficient (Wildman–Crippen LogP) is 11.2. The summed E-state index contributed by atoms with van der Waals surface area (Å²) in [4.78, 5) is 44.9. The van der Waals surface area contributed by atoms with Crippen molar-refractivity contribution in [2.75, 3.05) is 28.4 Å². The van der Waals surface area contributed by atoms with E-state index in [2.05, 4.69) is 60.6 Å². The average Bonchev–Trinajstić information content (AvgIpc) is 3.30. The van der Waals surface area contributed by atoms with Crippen LogP contribution in [0.2, 0.25) is 0 Å². The van der Waals surface area contributed by atoms with E-state index < -0.39 is 0 Å². The van der Waals surface area contributed by atoms with Gasteiger partial charge < -0.3 is 18.9 Å². The van der Waals surface area contributed by atoms with Crippen LogP contribution in [0.4, 0.5) is 0 Å². The maximum atomic E-state index is 11.6. The fourth-order valence-electron chi connectivity index (χ4n) is 6.49. The lowest BCUT2D eigenvalue weighted by molar-refractivity contribution is -0.141. The van der Waals surface area contributed by atoms with Crippen molar-refractivity contribution in [1.29, 1.82) is 0 Å². The zero-order chi connectivity index (χ0) is 43.9. The molecule has 8 heteroatoms. The molecule has 0 aliphatic carbocycles. The molecule has 60 heavy (non-hydrogen) atoms. The first kappa shape index (κ1) is 48.1. The van der Waals surface area contributed by atoms with Crippen molar-refractivity contribution < 1.29 is 38.1 Å². The third kappa shape index (κ3) is 15.1. The van der Waals surface area contributed by atoms with Crippen molar-refractivity contribution >= 4 is 45.4 Å². The Kier molecular flexibility index (Phi) is 20.8. The van der Waals surface area contributed by atoms with E-state index in [1.807, 2.05) is 97.9 Å². The van der Waals surface area contributed by atoms with E-state index in [0.29, 0.717) is 24.0 Å². The van der Waals surface area contributed by atoms with E-state index >= 15 is 0 Å². The van der Waals surface area contributed by atoms with Crippen molar-refractivity contribution in [3.8, 4) is 0 Å². The number of carbonyl (C=O) groups is 4. The average molecular weight is 813 g/mol. The van der Waals surface area contributed by atoms with Gasteiger partial charge in [0.1, 0.15) is 0 Å². The first-order valence-electron chi connectivity index (χ1n) is 20.5. The van der Waals surface area contributed by atoms with E-state index in [1.165, 1.54) is 73.6 Å². The van der Waals surface area contributed by atoms with Crippen LogP contribution in [-0.2, 0) is 60.6 Å². The Balaban J connectivity index is 0.000000214. The van der Waals surface area contributed by atoms with Crippen LogP contribution in [0.1, 0.15) is 94.1 Å². The molecule has 0 aliphatic rings. The lowest BCUT2D eigenvalue weighted by atomic mass is 9.98. The fraction of sp³-hybridized carbons (Fsp3) is 0.308. The van der Waals surface area contributed by atoms with Gasteiger partial charge in [0, 0.05) is 12.8 Å². The summed E-state index contributed by atoms with van der Waals surface area (Å²) >= 11 is 0. The minimum Gasteiger partial charge on any atom is -0.469 e. The Bertz CT molecular complexity index is 2270. The maximum absolute atomic E-state index is 11.6. The zero-order valence-electron chi connectivity index (χ0n) is 36.5. The second kappa shape index (κ2) is 25.9. The minimum atomic E-state index is -0.279. The van der Waals surface area contributed by atoms with E-state index in [0.717, 1.165) is 48.3 Å². The summed E-state index contributed by atoms with van der Waals surface area (Å²) in [5, 5.41) is 4.39. The monoisotopic (exact) mass is 812 g/mol. The Morgan fingerprint density at radius 1 is 0.467 bits per heavy atom. The molecule has 0 N–H and O–H groups in total. The fourth-order valence-corrected chi connectivity index (χ4v) is 6.49. The molecule has 6 rings (SSSR count). The molecule has 0 spiro atoms. The summed E-state index contributed by atoms with van der Waals surface area (Å²) in [6, 6.07) is 40.3. The number of methoxy groups -OCH3 is 4. The molecule has 0 aromatic heterocycles.